The molecular weight excluding hydrogens is 382 g/mol. The van der Waals surface area contributed by atoms with Gasteiger partial charge >= 0.3 is 0 Å². The summed E-state index contributed by atoms with van der Waals surface area (Å²) >= 11 is 7.52. The number of halogens is 1. The number of thioether (sulfide) groups is 1. The van der Waals surface area contributed by atoms with Crippen LogP contribution < -0.4 is 5.32 Å². The summed E-state index contributed by atoms with van der Waals surface area (Å²) in [5.41, 5.74) is 1.69. The predicted molar refractivity (Wildman–Crippen MR) is 107 cm³/mol. The van der Waals surface area contributed by atoms with Gasteiger partial charge < -0.3 is 9.88 Å². The largest absolute Gasteiger partial charge is 0.324 e. The first-order chi connectivity index (χ1) is 13.0. The fourth-order valence-electron chi connectivity index (χ4n) is 2.43. The first kappa shape index (κ1) is 19.0. The van der Waals surface area contributed by atoms with Crippen molar-refractivity contribution in [1.29, 1.82) is 5.26 Å². The molecule has 2 aromatic carbocycles. The Bertz CT molecular complexity index is 1030. The van der Waals surface area contributed by atoms with Crippen molar-refractivity contribution < 1.29 is 4.79 Å². The van der Waals surface area contributed by atoms with E-state index in [2.05, 4.69) is 21.6 Å². The Kier molecular flexibility index (Phi) is 5.79. The van der Waals surface area contributed by atoms with Crippen molar-refractivity contribution in [2.45, 2.75) is 17.3 Å². The second-order valence-corrected chi connectivity index (χ2v) is 7.47. The van der Waals surface area contributed by atoms with Crippen LogP contribution >= 0.6 is 23.4 Å². The van der Waals surface area contributed by atoms with E-state index in [0.29, 0.717) is 27.3 Å². The Morgan fingerprint density at radius 1 is 1.22 bits per heavy atom. The van der Waals surface area contributed by atoms with Gasteiger partial charge in [-0.25, -0.2) is 0 Å². The highest BCUT2D eigenvalue weighted by atomic mass is 35.5. The van der Waals surface area contributed by atoms with Crippen molar-refractivity contribution >= 4 is 35.0 Å². The Morgan fingerprint density at radius 3 is 2.67 bits per heavy atom. The van der Waals surface area contributed by atoms with Crippen LogP contribution in [0.5, 0.6) is 0 Å². The highest BCUT2D eigenvalue weighted by Gasteiger charge is 2.20. The summed E-state index contributed by atoms with van der Waals surface area (Å²) in [5, 5.41) is 21.1. The fraction of sp³-hybridized carbons (Fsp3) is 0.158. The van der Waals surface area contributed by atoms with Gasteiger partial charge in [0.25, 0.3) is 0 Å². The Hall–Kier alpha value is -2.82. The van der Waals surface area contributed by atoms with E-state index < -0.39 is 5.25 Å². The summed E-state index contributed by atoms with van der Waals surface area (Å²) < 4.78 is 1.80. The molecule has 1 atom stereocenters. The van der Waals surface area contributed by atoms with E-state index in [1.54, 1.807) is 41.8 Å². The molecule has 0 saturated heterocycles. The van der Waals surface area contributed by atoms with E-state index in [9.17, 15) is 4.79 Å². The first-order valence-electron chi connectivity index (χ1n) is 8.12. The average molecular weight is 398 g/mol. The number of carbonyl (C=O) groups excluding carboxylic acids is 1. The molecule has 0 aliphatic rings. The SMILES string of the molecule is CC(Sc1nnc(-c2ccccc2Cl)n1C)C(=O)Nc1ccccc1C#N. The van der Waals surface area contributed by atoms with Gasteiger partial charge in [0.1, 0.15) is 6.07 Å². The molecular formula is C19H16ClN5OS. The number of nitrogens with one attached hydrogen (secondary N) is 1. The number of para-hydroxylation sites is 1. The topological polar surface area (TPSA) is 83.6 Å². The maximum absolute atomic E-state index is 12.5. The van der Waals surface area contributed by atoms with Crippen LogP contribution in [0.2, 0.25) is 5.02 Å². The minimum Gasteiger partial charge on any atom is -0.324 e. The maximum Gasteiger partial charge on any atom is 0.237 e. The van der Waals surface area contributed by atoms with Gasteiger partial charge in [-0.1, -0.05) is 47.6 Å². The molecule has 8 heteroatoms. The van der Waals surface area contributed by atoms with Gasteiger partial charge in [0.05, 0.1) is 21.5 Å². The maximum atomic E-state index is 12.5. The Labute approximate surface area is 166 Å². The van der Waals surface area contributed by atoms with Gasteiger partial charge in [0.15, 0.2) is 11.0 Å². The zero-order chi connectivity index (χ0) is 19.4. The highest BCUT2D eigenvalue weighted by molar-refractivity contribution is 8.00. The number of anilines is 1. The van der Waals surface area contributed by atoms with Crippen LogP contribution in [0.3, 0.4) is 0 Å². The lowest BCUT2D eigenvalue weighted by molar-refractivity contribution is -0.115. The first-order valence-corrected chi connectivity index (χ1v) is 9.38. The number of amides is 1. The van der Waals surface area contributed by atoms with Crippen LogP contribution in [0.15, 0.2) is 53.7 Å². The minimum atomic E-state index is -0.432. The van der Waals surface area contributed by atoms with E-state index in [-0.39, 0.29) is 5.91 Å². The van der Waals surface area contributed by atoms with E-state index in [1.807, 2.05) is 25.2 Å². The molecule has 0 bridgehead atoms. The molecule has 1 heterocycles. The average Bonchev–Trinajstić information content (AvgIpc) is 3.03. The summed E-state index contributed by atoms with van der Waals surface area (Å²) in [6, 6.07) is 16.3. The van der Waals surface area contributed by atoms with Gasteiger partial charge in [-0.3, -0.25) is 4.79 Å². The van der Waals surface area contributed by atoms with Gasteiger partial charge in [0, 0.05) is 12.6 Å². The van der Waals surface area contributed by atoms with Crippen molar-refractivity contribution in [1.82, 2.24) is 14.8 Å². The summed E-state index contributed by atoms with van der Waals surface area (Å²) in [4.78, 5) is 12.5. The number of nitriles is 1. The number of nitrogens with zero attached hydrogens (tertiary/aromatic N) is 4. The lowest BCUT2D eigenvalue weighted by Gasteiger charge is -2.12. The molecule has 1 N–H and O–H groups in total. The number of hydrogen-bond acceptors (Lipinski definition) is 5. The molecule has 0 spiro atoms. The lowest BCUT2D eigenvalue weighted by Crippen LogP contribution is -2.23. The van der Waals surface area contributed by atoms with Crippen LogP contribution in [0.25, 0.3) is 11.4 Å². The summed E-state index contributed by atoms with van der Waals surface area (Å²) in [7, 11) is 1.83. The third-order valence-corrected chi connectivity index (χ3v) is 5.37. The normalized spacial score (nSPS) is 11.6. The third-order valence-electron chi connectivity index (χ3n) is 3.91. The lowest BCUT2D eigenvalue weighted by atomic mass is 10.2. The minimum absolute atomic E-state index is 0.218. The van der Waals surface area contributed by atoms with Gasteiger partial charge in [0.2, 0.25) is 5.91 Å². The summed E-state index contributed by atoms with van der Waals surface area (Å²) in [6.07, 6.45) is 0. The quantitative estimate of drug-likeness (QED) is 0.654. The molecule has 1 unspecified atom stereocenters. The van der Waals surface area contributed by atoms with Crippen LogP contribution in [-0.4, -0.2) is 25.9 Å². The number of benzene rings is 2. The molecule has 0 aliphatic heterocycles. The van der Waals surface area contributed by atoms with Crippen molar-refractivity contribution in [3.8, 4) is 17.5 Å². The zero-order valence-electron chi connectivity index (χ0n) is 14.7. The number of carbonyl (C=O) groups is 1. The number of aromatic nitrogens is 3. The molecule has 27 heavy (non-hydrogen) atoms. The second kappa shape index (κ2) is 8.25. The van der Waals surface area contributed by atoms with E-state index in [1.165, 1.54) is 11.8 Å². The zero-order valence-corrected chi connectivity index (χ0v) is 16.3. The van der Waals surface area contributed by atoms with E-state index >= 15 is 0 Å². The van der Waals surface area contributed by atoms with Crippen LogP contribution in [0.4, 0.5) is 5.69 Å². The molecule has 1 amide bonds. The third kappa shape index (κ3) is 4.13. The van der Waals surface area contributed by atoms with E-state index in [4.69, 9.17) is 16.9 Å². The van der Waals surface area contributed by atoms with Gasteiger partial charge in [-0.15, -0.1) is 10.2 Å². The van der Waals surface area contributed by atoms with Crippen LogP contribution in [-0.2, 0) is 11.8 Å². The fourth-order valence-corrected chi connectivity index (χ4v) is 3.47. The molecule has 136 valence electrons. The highest BCUT2D eigenvalue weighted by Crippen LogP contribution is 2.30. The molecule has 0 radical (unpaired) electrons. The molecule has 0 fully saturated rings. The predicted octanol–water partition coefficient (Wildman–Crippen LogP) is 4.13. The molecule has 0 saturated carbocycles. The molecule has 3 aromatic rings. The number of rotatable bonds is 5. The molecule has 6 nitrogen and oxygen atoms in total. The Morgan fingerprint density at radius 2 is 1.93 bits per heavy atom. The standard InChI is InChI=1S/C19H16ClN5OS/c1-12(18(26)22-16-10-6-3-7-13(16)11-21)27-19-24-23-17(25(19)2)14-8-4-5-9-15(14)20/h3-10,12H,1-2H3,(H,22,26). The molecule has 1 aromatic heterocycles. The molecule has 0 aliphatic carbocycles. The smallest absolute Gasteiger partial charge is 0.237 e. The summed E-state index contributed by atoms with van der Waals surface area (Å²) in [5.74, 6) is 0.413. The van der Waals surface area contributed by atoms with E-state index in [0.717, 1.165) is 5.56 Å². The number of hydrogen-bond donors (Lipinski definition) is 1. The monoisotopic (exact) mass is 397 g/mol. The van der Waals surface area contributed by atoms with Crippen molar-refractivity contribution in [3.63, 3.8) is 0 Å². The Balaban J connectivity index is 1.75. The van der Waals surface area contributed by atoms with Crippen molar-refractivity contribution in [2.75, 3.05) is 5.32 Å². The van der Waals surface area contributed by atoms with Crippen molar-refractivity contribution in [2.24, 2.45) is 7.05 Å². The van der Waals surface area contributed by atoms with Crippen molar-refractivity contribution in [3.05, 3.63) is 59.1 Å². The van der Waals surface area contributed by atoms with Crippen LogP contribution in [0.1, 0.15) is 12.5 Å². The summed E-state index contributed by atoms with van der Waals surface area (Å²) in [6.45, 7) is 1.78. The van der Waals surface area contributed by atoms with Gasteiger partial charge in [-0.2, -0.15) is 5.26 Å². The molecule has 3 rings (SSSR count). The second-order valence-electron chi connectivity index (χ2n) is 5.75. The van der Waals surface area contributed by atoms with Crippen LogP contribution in [0, 0.1) is 11.3 Å². The van der Waals surface area contributed by atoms with Gasteiger partial charge in [-0.05, 0) is 31.2 Å².